The van der Waals surface area contributed by atoms with E-state index in [0.29, 0.717) is 16.8 Å². The molecular formula is C19H24N4O5S. The average molecular weight is 420 g/mol. The average Bonchev–Trinajstić information content (AvgIpc) is 2.63. The van der Waals surface area contributed by atoms with Crippen LogP contribution in [-0.2, 0) is 15.0 Å². The second-order valence-electron chi connectivity index (χ2n) is 6.84. The number of benzene rings is 2. The van der Waals surface area contributed by atoms with Crippen LogP contribution in [0.3, 0.4) is 0 Å². The standard InChI is InChI=1S/C19H24N4O5S/c1-13-9-10-14(2)18(11-13)22(29(27,28)21(4)5)12-19(24)20-16-7-6-8-17(15(16)3)23(25)26/h6-11H,12H2,1-5H3,(H,20,24). The number of nitrogens with zero attached hydrogens (tertiary/aromatic N) is 3. The summed E-state index contributed by atoms with van der Waals surface area (Å²) in [5.41, 5.74) is 2.35. The third-order valence-corrected chi connectivity index (χ3v) is 6.24. The molecule has 2 aromatic rings. The molecule has 2 rings (SSSR count). The van der Waals surface area contributed by atoms with Gasteiger partial charge in [-0.2, -0.15) is 12.7 Å². The zero-order valence-corrected chi connectivity index (χ0v) is 17.8. The number of nitrogens with one attached hydrogen (secondary N) is 1. The van der Waals surface area contributed by atoms with Gasteiger partial charge in [0.15, 0.2) is 0 Å². The van der Waals surface area contributed by atoms with Crippen LogP contribution >= 0.6 is 0 Å². The van der Waals surface area contributed by atoms with Crippen molar-refractivity contribution in [3.63, 3.8) is 0 Å². The van der Waals surface area contributed by atoms with Crippen LogP contribution in [0.1, 0.15) is 16.7 Å². The van der Waals surface area contributed by atoms with Gasteiger partial charge in [0, 0.05) is 20.2 Å². The summed E-state index contributed by atoms with van der Waals surface area (Å²) >= 11 is 0. The Kier molecular flexibility index (Phi) is 6.60. The lowest BCUT2D eigenvalue weighted by atomic mass is 10.1. The SMILES string of the molecule is Cc1ccc(C)c(N(CC(=O)Nc2cccc([N+](=O)[O-])c2C)S(=O)(=O)N(C)C)c1. The van der Waals surface area contributed by atoms with Crippen LogP contribution in [0.5, 0.6) is 0 Å². The fourth-order valence-electron chi connectivity index (χ4n) is 2.75. The van der Waals surface area contributed by atoms with Gasteiger partial charge in [0.25, 0.3) is 5.69 Å². The first-order valence-corrected chi connectivity index (χ1v) is 10.2. The van der Waals surface area contributed by atoms with E-state index < -0.39 is 27.6 Å². The second-order valence-corrected chi connectivity index (χ2v) is 8.91. The fourth-order valence-corrected chi connectivity index (χ4v) is 3.87. The minimum atomic E-state index is -3.95. The molecule has 29 heavy (non-hydrogen) atoms. The lowest BCUT2D eigenvalue weighted by Gasteiger charge is -2.28. The van der Waals surface area contributed by atoms with Crippen LogP contribution in [0.15, 0.2) is 36.4 Å². The Morgan fingerprint density at radius 1 is 1.14 bits per heavy atom. The van der Waals surface area contributed by atoms with E-state index in [1.54, 1.807) is 19.1 Å². The maximum Gasteiger partial charge on any atom is 0.304 e. The van der Waals surface area contributed by atoms with Crippen LogP contribution in [0.2, 0.25) is 0 Å². The highest BCUT2D eigenvalue weighted by atomic mass is 32.2. The monoisotopic (exact) mass is 420 g/mol. The number of anilines is 2. The van der Waals surface area contributed by atoms with Gasteiger partial charge in [-0.1, -0.05) is 18.2 Å². The number of aryl methyl sites for hydroxylation is 2. The van der Waals surface area contributed by atoms with Gasteiger partial charge < -0.3 is 5.32 Å². The number of carbonyl (C=O) groups is 1. The van der Waals surface area contributed by atoms with Gasteiger partial charge in [0.2, 0.25) is 5.91 Å². The Morgan fingerprint density at radius 3 is 2.38 bits per heavy atom. The lowest BCUT2D eigenvalue weighted by molar-refractivity contribution is -0.385. The first-order chi connectivity index (χ1) is 13.4. The molecule has 0 saturated carbocycles. The molecule has 0 heterocycles. The molecule has 0 aliphatic rings. The van der Waals surface area contributed by atoms with E-state index in [1.807, 2.05) is 13.0 Å². The molecule has 0 aliphatic carbocycles. The van der Waals surface area contributed by atoms with Crippen LogP contribution < -0.4 is 9.62 Å². The summed E-state index contributed by atoms with van der Waals surface area (Å²) in [6, 6.07) is 9.66. The third kappa shape index (κ3) is 4.90. The van der Waals surface area contributed by atoms with E-state index in [9.17, 15) is 23.3 Å². The summed E-state index contributed by atoms with van der Waals surface area (Å²) in [7, 11) is -1.18. The van der Waals surface area contributed by atoms with E-state index in [1.165, 1.54) is 39.2 Å². The maximum absolute atomic E-state index is 12.9. The summed E-state index contributed by atoms with van der Waals surface area (Å²) in [4.78, 5) is 23.2. The molecule has 0 atom stereocenters. The third-order valence-electron chi connectivity index (χ3n) is 4.44. The summed E-state index contributed by atoms with van der Waals surface area (Å²) < 4.78 is 27.8. The molecule has 156 valence electrons. The first kappa shape index (κ1) is 22.3. The van der Waals surface area contributed by atoms with E-state index in [0.717, 1.165) is 14.2 Å². The highest BCUT2D eigenvalue weighted by molar-refractivity contribution is 7.90. The van der Waals surface area contributed by atoms with Gasteiger partial charge in [0.1, 0.15) is 6.54 Å². The number of nitro groups is 1. The predicted octanol–water partition coefficient (Wildman–Crippen LogP) is 2.77. The van der Waals surface area contributed by atoms with E-state index in [2.05, 4.69) is 5.32 Å². The van der Waals surface area contributed by atoms with Crippen molar-refractivity contribution < 1.29 is 18.1 Å². The minimum Gasteiger partial charge on any atom is -0.324 e. The van der Waals surface area contributed by atoms with Crippen molar-refractivity contribution in [3.8, 4) is 0 Å². The molecule has 0 saturated heterocycles. The number of nitro benzene ring substituents is 1. The smallest absolute Gasteiger partial charge is 0.304 e. The maximum atomic E-state index is 12.9. The van der Waals surface area contributed by atoms with Gasteiger partial charge in [-0.25, -0.2) is 4.31 Å². The van der Waals surface area contributed by atoms with E-state index >= 15 is 0 Å². The van der Waals surface area contributed by atoms with Gasteiger partial charge in [-0.05, 0) is 44.0 Å². The van der Waals surface area contributed by atoms with Crippen LogP contribution in [0, 0.1) is 30.9 Å². The molecule has 0 spiro atoms. The largest absolute Gasteiger partial charge is 0.324 e. The van der Waals surface area contributed by atoms with Crippen molar-refractivity contribution in [3.05, 3.63) is 63.2 Å². The summed E-state index contributed by atoms with van der Waals surface area (Å²) in [5, 5.41) is 13.7. The Morgan fingerprint density at radius 2 is 1.79 bits per heavy atom. The van der Waals surface area contributed by atoms with E-state index in [4.69, 9.17) is 0 Å². The summed E-state index contributed by atoms with van der Waals surface area (Å²) in [6.45, 7) is 4.63. The van der Waals surface area contributed by atoms with Crippen molar-refractivity contribution in [1.29, 1.82) is 0 Å². The van der Waals surface area contributed by atoms with Crippen molar-refractivity contribution in [2.24, 2.45) is 0 Å². The summed E-state index contributed by atoms with van der Waals surface area (Å²) in [6.07, 6.45) is 0. The molecule has 0 bridgehead atoms. The van der Waals surface area contributed by atoms with E-state index in [-0.39, 0.29) is 11.4 Å². The number of rotatable bonds is 7. The molecule has 1 amide bonds. The minimum absolute atomic E-state index is 0.130. The Bertz CT molecular complexity index is 1050. The van der Waals surface area contributed by atoms with Gasteiger partial charge >= 0.3 is 10.2 Å². The van der Waals surface area contributed by atoms with Crippen LogP contribution in [0.25, 0.3) is 0 Å². The zero-order valence-electron chi connectivity index (χ0n) is 17.0. The second kappa shape index (κ2) is 8.58. The van der Waals surface area contributed by atoms with Gasteiger partial charge in [-0.15, -0.1) is 0 Å². The molecule has 0 aliphatic heterocycles. The van der Waals surface area contributed by atoms with Crippen molar-refractivity contribution >= 4 is 33.2 Å². The zero-order chi connectivity index (χ0) is 21.9. The number of hydrogen-bond acceptors (Lipinski definition) is 5. The Labute approximate surface area is 170 Å². The van der Waals surface area contributed by atoms with Gasteiger partial charge in [-0.3, -0.25) is 14.9 Å². The van der Waals surface area contributed by atoms with Crippen molar-refractivity contribution in [2.75, 3.05) is 30.3 Å². The molecular weight excluding hydrogens is 396 g/mol. The quantitative estimate of drug-likeness (QED) is 0.547. The Hall–Kier alpha value is -2.98. The lowest BCUT2D eigenvalue weighted by Crippen LogP contribution is -2.44. The van der Waals surface area contributed by atoms with Gasteiger partial charge in [0.05, 0.1) is 21.9 Å². The Balaban J connectivity index is 2.40. The molecule has 10 heteroatoms. The summed E-state index contributed by atoms with van der Waals surface area (Å²) in [5.74, 6) is -0.611. The molecule has 0 radical (unpaired) electrons. The topological polar surface area (TPSA) is 113 Å². The number of hydrogen-bond donors (Lipinski definition) is 1. The molecule has 0 aromatic heterocycles. The predicted molar refractivity (Wildman–Crippen MR) is 112 cm³/mol. The number of amides is 1. The fraction of sp³-hybridized carbons (Fsp3) is 0.316. The highest BCUT2D eigenvalue weighted by Crippen LogP contribution is 2.27. The molecule has 2 aromatic carbocycles. The normalized spacial score (nSPS) is 11.4. The molecule has 9 nitrogen and oxygen atoms in total. The van der Waals surface area contributed by atoms with Crippen LogP contribution in [0.4, 0.5) is 17.1 Å². The number of carbonyl (C=O) groups excluding carboxylic acids is 1. The first-order valence-electron chi connectivity index (χ1n) is 8.76. The van der Waals surface area contributed by atoms with Crippen molar-refractivity contribution in [1.82, 2.24) is 4.31 Å². The van der Waals surface area contributed by atoms with Crippen LogP contribution in [-0.4, -0.2) is 44.2 Å². The molecule has 1 N–H and O–H groups in total. The van der Waals surface area contributed by atoms with Crippen molar-refractivity contribution in [2.45, 2.75) is 20.8 Å². The highest BCUT2D eigenvalue weighted by Gasteiger charge is 2.29. The molecule has 0 fully saturated rings. The molecule has 0 unspecified atom stereocenters.